The Morgan fingerprint density at radius 3 is 2.57 bits per heavy atom. The van der Waals surface area contributed by atoms with Crippen molar-refractivity contribution in [3.05, 3.63) is 64.6 Å². The highest BCUT2D eigenvalue weighted by Crippen LogP contribution is 2.31. The molecule has 0 saturated heterocycles. The van der Waals surface area contributed by atoms with Crippen LogP contribution in [0.15, 0.2) is 53.3 Å². The van der Waals surface area contributed by atoms with E-state index < -0.39 is 5.69 Å². The number of aromatic nitrogens is 4. The van der Waals surface area contributed by atoms with E-state index in [2.05, 4.69) is 41.0 Å². The number of aromatic hydroxyl groups is 1. The zero-order chi connectivity index (χ0) is 21.5. The van der Waals surface area contributed by atoms with Crippen molar-refractivity contribution in [2.24, 2.45) is 0 Å². The highest BCUT2D eigenvalue weighted by Gasteiger charge is 2.23. The van der Waals surface area contributed by atoms with Gasteiger partial charge in [-0.1, -0.05) is 51.1 Å². The number of nitrogens with zero attached hydrogens (tertiary/aromatic N) is 3. The molecule has 1 amide bonds. The van der Waals surface area contributed by atoms with Gasteiger partial charge in [0.05, 0.1) is 5.69 Å². The summed E-state index contributed by atoms with van der Waals surface area (Å²) in [6, 6.07) is 14.1. The topological polar surface area (TPSA) is 113 Å². The Hall–Kier alpha value is -3.94. The number of hydrogen-bond donors (Lipinski definition) is 3. The minimum Gasteiger partial charge on any atom is -0.508 e. The molecule has 8 nitrogen and oxygen atoms in total. The Morgan fingerprint density at radius 2 is 1.87 bits per heavy atom. The molecule has 152 valence electrons. The molecule has 0 atom stereocenters. The summed E-state index contributed by atoms with van der Waals surface area (Å²) in [6.07, 6.45) is 0.493. The van der Waals surface area contributed by atoms with Gasteiger partial charge in [-0.15, -0.1) is 0 Å². The van der Waals surface area contributed by atoms with E-state index in [1.54, 1.807) is 18.2 Å². The first kappa shape index (κ1) is 19.4. The van der Waals surface area contributed by atoms with Gasteiger partial charge in [-0.25, -0.2) is 19.3 Å². The number of carbonyl (C=O) groups excluding carboxylic acids is 1. The molecule has 0 aliphatic heterocycles. The predicted molar refractivity (Wildman–Crippen MR) is 115 cm³/mol. The van der Waals surface area contributed by atoms with Gasteiger partial charge >= 0.3 is 5.69 Å². The number of carbonyl (C=O) groups is 1. The number of phenols is 1. The van der Waals surface area contributed by atoms with Crippen molar-refractivity contribution in [3.8, 4) is 22.8 Å². The Labute approximate surface area is 172 Å². The van der Waals surface area contributed by atoms with E-state index in [1.807, 2.05) is 24.3 Å². The smallest absolute Gasteiger partial charge is 0.332 e. The van der Waals surface area contributed by atoms with Gasteiger partial charge in [0.25, 0.3) is 0 Å². The minimum absolute atomic E-state index is 0.0608. The molecule has 4 aromatic rings. The molecule has 0 fully saturated rings. The average Bonchev–Trinajstić information content (AvgIpc) is 3.03. The number of fused-ring (bicyclic) bond motifs is 1. The molecule has 8 heteroatoms. The summed E-state index contributed by atoms with van der Waals surface area (Å²) in [5.41, 5.74) is 2.25. The number of rotatable bonds is 4. The summed E-state index contributed by atoms with van der Waals surface area (Å²) in [6.45, 7) is 6.20. The Kier molecular flexibility index (Phi) is 4.62. The number of hydrogen-bond acceptors (Lipinski definition) is 5. The van der Waals surface area contributed by atoms with Crippen LogP contribution in [0.2, 0.25) is 0 Å². The number of benzene rings is 2. The van der Waals surface area contributed by atoms with Gasteiger partial charge in [0, 0.05) is 5.56 Å². The molecular formula is C22H21N5O3. The summed E-state index contributed by atoms with van der Waals surface area (Å²) in [7, 11) is 0. The summed E-state index contributed by atoms with van der Waals surface area (Å²) in [4.78, 5) is 35.9. The number of imidazole rings is 1. The molecule has 0 bridgehead atoms. The van der Waals surface area contributed by atoms with Gasteiger partial charge in [0.2, 0.25) is 6.41 Å². The third-order valence-corrected chi connectivity index (χ3v) is 4.79. The molecule has 3 N–H and O–H groups in total. The average molecular weight is 403 g/mol. The summed E-state index contributed by atoms with van der Waals surface area (Å²) >= 11 is 0. The highest BCUT2D eigenvalue weighted by atomic mass is 16.3. The Balaban J connectivity index is 2.07. The quantitative estimate of drug-likeness (QED) is 0.452. The van der Waals surface area contributed by atoms with Crippen LogP contribution >= 0.6 is 0 Å². The van der Waals surface area contributed by atoms with E-state index in [-0.39, 0.29) is 22.8 Å². The van der Waals surface area contributed by atoms with Gasteiger partial charge in [-0.3, -0.25) is 4.79 Å². The van der Waals surface area contributed by atoms with Gasteiger partial charge in [0.1, 0.15) is 11.3 Å². The number of nitrogens with one attached hydrogen (secondary N) is 2. The number of para-hydroxylation sites is 1. The molecule has 2 aromatic heterocycles. The number of aromatic amines is 1. The van der Waals surface area contributed by atoms with Gasteiger partial charge in [-0.2, -0.15) is 0 Å². The fraction of sp³-hybridized carbons (Fsp3) is 0.182. The molecule has 0 unspecified atom stereocenters. The minimum atomic E-state index is -0.391. The second-order valence-corrected chi connectivity index (χ2v) is 7.94. The monoisotopic (exact) mass is 403 g/mol. The zero-order valence-electron chi connectivity index (χ0n) is 16.8. The lowest BCUT2D eigenvalue weighted by Gasteiger charge is -2.22. The maximum absolute atomic E-state index is 13.0. The van der Waals surface area contributed by atoms with Crippen molar-refractivity contribution in [3.63, 3.8) is 0 Å². The lowest BCUT2D eigenvalue weighted by Crippen LogP contribution is -2.21. The van der Waals surface area contributed by atoms with Crippen LogP contribution in [0.1, 0.15) is 26.3 Å². The van der Waals surface area contributed by atoms with Crippen molar-refractivity contribution in [2.45, 2.75) is 26.2 Å². The van der Waals surface area contributed by atoms with Crippen LogP contribution < -0.4 is 11.0 Å². The highest BCUT2D eigenvalue weighted by molar-refractivity contribution is 5.91. The van der Waals surface area contributed by atoms with Crippen molar-refractivity contribution in [1.29, 1.82) is 0 Å². The lowest BCUT2D eigenvalue weighted by atomic mass is 9.86. The molecule has 0 radical (unpaired) electrons. The first-order valence-electron chi connectivity index (χ1n) is 9.42. The first-order valence-corrected chi connectivity index (χ1v) is 9.42. The van der Waals surface area contributed by atoms with Crippen LogP contribution in [0, 0.1) is 0 Å². The maximum atomic E-state index is 13.0. The van der Waals surface area contributed by atoms with Gasteiger partial charge in [0.15, 0.2) is 17.3 Å². The van der Waals surface area contributed by atoms with E-state index >= 15 is 0 Å². The van der Waals surface area contributed by atoms with Crippen molar-refractivity contribution < 1.29 is 9.90 Å². The van der Waals surface area contributed by atoms with Gasteiger partial charge in [-0.05, 0) is 29.2 Å². The third-order valence-electron chi connectivity index (χ3n) is 4.79. The second-order valence-electron chi connectivity index (χ2n) is 7.94. The van der Waals surface area contributed by atoms with Crippen molar-refractivity contribution in [2.75, 3.05) is 5.32 Å². The number of amides is 1. The summed E-state index contributed by atoms with van der Waals surface area (Å²) in [5.74, 6) is 0.506. The van der Waals surface area contributed by atoms with Crippen LogP contribution in [0.25, 0.3) is 28.2 Å². The maximum Gasteiger partial charge on any atom is 0.332 e. The van der Waals surface area contributed by atoms with E-state index in [0.717, 1.165) is 5.56 Å². The van der Waals surface area contributed by atoms with Crippen LogP contribution in [0.4, 0.5) is 5.82 Å². The fourth-order valence-corrected chi connectivity index (χ4v) is 3.45. The van der Waals surface area contributed by atoms with Crippen LogP contribution in [-0.4, -0.2) is 31.0 Å². The van der Waals surface area contributed by atoms with Gasteiger partial charge < -0.3 is 15.4 Å². The molecule has 0 aliphatic rings. The zero-order valence-corrected chi connectivity index (χ0v) is 16.8. The number of H-pyrrole nitrogens is 1. The van der Waals surface area contributed by atoms with Crippen molar-refractivity contribution in [1.82, 2.24) is 19.5 Å². The standard InChI is InChI=1S/C22H21N5O3/c1-22(2,3)15-9-4-5-10-16(15)27-20-17(24-21(27)30)19(23-12-28)25-18(26-20)13-7-6-8-14(29)11-13/h4-12,29H,1-3H3,(H,24,30)(H,23,25,26,28). The molecule has 4 rings (SSSR count). The van der Waals surface area contributed by atoms with Crippen LogP contribution in [0.5, 0.6) is 5.75 Å². The summed E-state index contributed by atoms with van der Waals surface area (Å²) < 4.78 is 1.49. The molecule has 0 saturated carbocycles. The molecule has 30 heavy (non-hydrogen) atoms. The largest absolute Gasteiger partial charge is 0.508 e. The summed E-state index contributed by atoms with van der Waals surface area (Å²) in [5, 5.41) is 12.4. The fourth-order valence-electron chi connectivity index (χ4n) is 3.45. The third kappa shape index (κ3) is 3.32. The Morgan fingerprint density at radius 1 is 1.10 bits per heavy atom. The molecule has 0 spiro atoms. The van der Waals surface area contributed by atoms with Crippen LogP contribution in [0.3, 0.4) is 0 Å². The lowest BCUT2D eigenvalue weighted by molar-refractivity contribution is -0.105. The number of anilines is 1. The van der Waals surface area contributed by atoms with E-state index in [9.17, 15) is 14.7 Å². The number of phenolic OH excluding ortho intramolecular Hbond substituents is 1. The molecule has 0 aliphatic carbocycles. The normalized spacial score (nSPS) is 11.6. The van der Waals surface area contributed by atoms with E-state index in [1.165, 1.54) is 10.6 Å². The molecular weight excluding hydrogens is 382 g/mol. The van der Waals surface area contributed by atoms with Crippen molar-refractivity contribution >= 4 is 23.4 Å². The first-order chi connectivity index (χ1) is 14.3. The Bertz CT molecular complexity index is 1310. The molecule has 2 heterocycles. The second kappa shape index (κ2) is 7.14. The molecule has 2 aromatic carbocycles. The van der Waals surface area contributed by atoms with Crippen LogP contribution in [-0.2, 0) is 10.2 Å². The van der Waals surface area contributed by atoms with E-state index in [0.29, 0.717) is 28.8 Å². The van der Waals surface area contributed by atoms with E-state index in [4.69, 9.17) is 0 Å². The predicted octanol–water partition coefficient (Wildman–Crippen LogP) is 3.35. The SMILES string of the molecule is CC(C)(C)c1ccccc1-n1c(=O)[nH]c2c(NC=O)nc(-c3cccc(O)c3)nc21.